The predicted molar refractivity (Wildman–Crippen MR) is 57.2 cm³/mol. The molecule has 0 saturated carbocycles. The Bertz CT molecular complexity index is 395. The zero-order chi connectivity index (χ0) is 11.3. The van der Waals surface area contributed by atoms with Gasteiger partial charge in [-0.25, -0.2) is 0 Å². The van der Waals surface area contributed by atoms with Gasteiger partial charge in [0.15, 0.2) is 5.78 Å². The average molecular weight is 209 g/mol. The van der Waals surface area contributed by atoms with Crippen LogP contribution in [0, 0.1) is 0 Å². The molecule has 0 aliphatic heterocycles. The van der Waals surface area contributed by atoms with Gasteiger partial charge in [0.05, 0.1) is 6.61 Å². The third-order valence-corrected chi connectivity index (χ3v) is 2.07. The van der Waals surface area contributed by atoms with E-state index in [9.17, 15) is 9.59 Å². The smallest absolute Gasteiger partial charge is 0.250 e. The fourth-order valence-corrected chi connectivity index (χ4v) is 1.22. The predicted octanol–water partition coefficient (Wildman–Crippen LogP) is 1.09. The van der Waals surface area contributed by atoms with E-state index in [1.54, 1.807) is 12.3 Å². The first-order valence-corrected chi connectivity index (χ1v) is 4.94. The molecule has 0 atom stereocenters. The van der Waals surface area contributed by atoms with Crippen LogP contribution in [0.1, 0.15) is 24.2 Å². The van der Waals surface area contributed by atoms with Gasteiger partial charge < -0.3 is 9.30 Å². The highest BCUT2D eigenvalue weighted by Gasteiger charge is 2.02. The van der Waals surface area contributed by atoms with Crippen molar-refractivity contribution in [1.29, 1.82) is 0 Å². The van der Waals surface area contributed by atoms with Crippen LogP contribution in [0.3, 0.4) is 0 Å². The number of hydrogen-bond donors (Lipinski definition) is 0. The van der Waals surface area contributed by atoms with Crippen molar-refractivity contribution in [3.63, 3.8) is 0 Å². The number of carbonyl (C=O) groups is 1. The molecule has 0 aromatic carbocycles. The van der Waals surface area contributed by atoms with Crippen LogP contribution in [0.15, 0.2) is 23.1 Å². The van der Waals surface area contributed by atoms with E-state index in [2.05, 4.69) is 0 Å². The van der Waals surface area contributed by atoms with Crippen molar-refractivity contribution in [1.82, 2.24) is 4.57 Å². The molecule has 0 unspecified atom stereocenters. The molecule has 1 aromatic heterocycles. The molecule has 0 spiro atoms. The molecule has 0 aliphatic carbocycles. The quantitative estimate of drug-likeness (QED) is 0.538. The van der Waals surface area contributed by atoms with Crippen LogP contribution in [0.5, 0.6) is 0 Å². The van der Waals surface area contributed by atoms with Crippen molar-refractivity contribution in [2.24, 2.45) is 0 Å². The maximum absolute atomic E-state index is 11.4. The number of aromatic nitrogens is 1. The first-order valence-electron chi connectivity index (χ1n) is 4.94. The van der Waals surface area contributed by atoms with Gasteiger partial charge in [0.25, 0.3) is 5.56 Å². The normalized spacial score (nSPS) is 10.3. The Kier molecular flexibility index (Phi) is 4.24. The Labute approximate surface area is 88.5 Å². The number of ether oxygens (including phenoxy) is 1. The second-order valence-electron chi connectivity index (χ2n) is 3.20. The highest BCUT2D eigenvalue weighted by Crippen LogP contribution is 1.96. The minimum atomic E-state index is -0.111. The van der Waals surface area contributed by atoms with Gasteiger partial charge in [-0.3, -0.25) is 9.59 Å². The molecular weight excluding hydrogens is 194 g/mol. The SMILES string of the molecule is CCOCCn1cc(C(C)=O)ccc1=O. The second kappa shape index (κ2) is 5.46. The molecule has 4 heteroatoms. The fraction of sp³-hybridized carbons (Fsp3) is 0.455. The third kappa shape index (κ3) is 3.32. The lowest BCUT2D eigenvalue weighted by Crippen LogP contribution is -2.22. The van der Waals surface area contributed by atoms with Crippen LogP contribution in [0.4, 0.5) is 0 Å². The zero-order valence-electron chi connectivity index (χ0n) is 9.03. The Hall–Kier alpha value is -1.42. The molecule has 1 rings (SSSR count). The van der Waals surface area contributed by atoms with Gasteiger partial charge in [0.2, 0.25) is 0 Å². The highest BCUT2D eigenvalue weighted by molar-refractivity contribution is 5.93. The van der Waals surface area contributed by atoms with Gasteiger partial charge in [-0.05, 0) is 19.9 Å². The third-order valence-electron chi connectivity index (χ3n) is 2.07. The molecule has 0 amide bonds. The number of nitrogens with zero attached hydrogens (tertiary/aromatic N) is 1. The maximum atomic E-state index is 11.4. The number of hydrogen-bond acceptors (Lipinski definition) is 3. The van der Waals surface area contributed by atoms with E-state index < -0.39 is 0 Å². The summed E-state index contributed by atoms with van der Waals surface area (Å²) < 4.78 is 6.64. The molecule has 82 valence electrons. The molecular formula is C11H15NO3. The van der Waals surface area contributed by atoms with Crippen LogP contribution >= 0.6 is 0 Å². The standard InChI is InChI=1S/C11H15NO3/c1-3-15-7-6-12-8-10(9(2)13)4-5-11(12)14/h4-5,8H,3,6-7H2,1-2H3. The van der Waals surface area contributed by atoms with Crippen molar-refractivity contribution in [2.75, 3.05) is 13.2 Å². The van der Waals surface area contributed by atoms with Gasteiger partial charge in [-0.1, -0.05) is 0 Å². The number of Topliss-reactive ketones (excluding diaryl/α,β-unsaturated/α-hetero) is 1. The average Bonchev–Trinajstić information content (AvgIpc) is 2.20. The van der Waals surface area contributed by atoms with Gasteiger partial charge in [0.1, 0.15) is 0 Å². The molecule has 1 aromatic rings. The van der Waals surface area contributed by atoms with Gasteiger partial charge in [-0.15, -0.1) is 0 Å². The lowest BCUT2D eigenvalue weighted by atomic mass is 10.2. The van der Waals surface area contributed by atoms with Crippen LogP contribution < -0.4 is 5.56 Å². The minimum absolute atomic E-state index is 0.0415. The van der Waals surface area contributed by atoms with Gasteiger partial charge in [-0.2, -0.15) is 0 Å². The van der Waals surface area contributed by atoms with E-state index in [1.165, 1.54) is 17.6 Å². The van der Waals surface area contributed by atoms with Crippen molar-refractivity contribution in [3.05, 3.63) is 34.2 Å². The molecule has 0 N–H and O–H groups in total. The molecule has 15 heavy (non-hydrogen) atoms. The lowest BCUT2D eigenvalue weighted by Gasteiger charge is -2.06. The molecule has 0 radical (unpaired) electrons. The van der Waals surface area contributed by atoms with E-state index in [0.717, 1.165) is 0 Å². The number of rotatable bonds is 5. The van der Waals surface area contributed by atoms with Crippen molar-refractivity contribution in [3.8, 4) is 0 Å². The maximum Gasteiger partial charge on any atom is 0.250 e. The number of ketones is 1. The summed E-state index contributed by atoms with van der Waals surface area (Å²) in [5, 5.41) is 0. The molecule has 0 aliphatic rings. The summed E-state index contributed by atoms with van der Waals surface area (Å²) in [5.41, 5.74) is 0.436. The summed E-state index contributed by atoms with van der Waals surface area (Å²) in [6.07, 6.45) is 1.57. The first-order chi connectivity index (χ1) is 7.15. The van der Waals surface area contributed by atoms with Crippen LogP contribution in [0.2, 0.25) is 0 Å². The summed E-state index contributed by atoms with van der Waals surface area (Å²) in [6.45, 7) is 4.97. The summed E-state index contributed by atoms with van der Waals surface area (Å²) in [5.74, 6) is -0.0415. The van der Waals surface area contributed by atoms with Gasteiger partial charge in [0, 0.05) is 31.0 Å². The summed E-state index contributed by atoms with van der Waals surface area (Å²) in [6, 6.07) is 2.95. The number of carbonyl (C=O) groups excluding carboxylic acids is 1. The second-order valence-corrected chi connectivity index (χ2v) is 3.20. The van der Waals surface area contributed by atoms with Crippen LogP contribution in [-0.2, 0) is 11.3 Å². The Morgan fingerprint density at radius 2 is 2.20 bits per heavy atom. The number of pyridine rings is 1. The Morgan fingerprint density at radius 3 is 2.80 bits per heavy atom. The largest absolute Gasteiger partial charge is 0.380 e. The minimum Gasteiger partial charge on any atom is -0.380 e. The van der Waals surface area contributed by atoms with E-state index >= 15 is 0 Å². The molecule has 0 saturated heterocycles. The first kappa shape index (κ1) is 11.7. The lowest BCUT2D eigenvalue weighted by molar-refractivity contribution is 0.101. The van der Waals surface area contributed by atoms with Gasteiger partial charge >= 0.3 is 0 Å². The van der Waals surface area contributed by atoms with E-state index in [4.69, 9.17) is 4.74 Å². The Balaban J connectivity index is 2.81. The van der Waals surface area contributed by atoms with Crippen molar-refractivity contribution >= 4 is 5.78 Å². The van der Waals surface area contributed by atoms with Crippen molar-refractivity contribution in [2.45, 2.75) is 20.4 Å². The van der Waals surface area contributed by atoms with Crippen LogP contribution in [0.25, 0.3) is 0 Å². The highest BCUT2D eigenvalue weighted by atomic mass is 16.5. The molecule has 0 bridgehead atoms. The fourth-order valence-electron chi connectivity index (χ4n) is 1.22. The van der Waals surface area contributed by atoms with Crippen LogP contribution in [-0.4, -0.2) is 23.6 Å². The van der Waals surface area contributed by atoms with E-state index in [1.807, 2.05) is 6.92 Å². The summed E-state index contributed by atoms with van der Waals surface area (Å²) in [4.78, 5) is 22.5. The topological polar surface area (TPSA) is 48.3 Å². The summed E-state index contributed by atoms with van der Waals surface area (Å²) >= 11 is 0. The summed E-state index contributed by atoms with van der Waals surface area (Å²) in [7, 11) is 0. The molecule has 4 nitrogen and oxygen atoms in total. The van der Waals surface area contributed by atoms with E-state index in [0.29, 0.717) is 25.3 Å². The Morgan fingerprint density at radius 1 is 1.47 bits per heavy atom. The zero-order valence-corrected chi connectivity index (χ0v) is 9.03. The molecule has 0 fully saturated rings. The van der Waals surface area contributed by atoms with Crippen molar-refractivity contribution < 1.29 is 9.53 Å². The molecule has 1 heterocycles. The van der Waals surface area contributed by atoms with E-state index in [-0.39, 0.29) is 11.3 Å². The monoisotopic (exact) mass is 209 g/mol.